The maximum absolute atomic E-state index is 13.4. The van der Waals surface area contributed by atoms with Gasteiger partial charge in [0.15, 0.2) is 11.6 Å². The molecule has 1 aliphatic rings. The summed E-state index contributed by atoms with van der Waals surface area (Å²) >= 11 is 0. The molecule has 3 aromatic rings. The summed E-state index contributed by atoms with van der Waals surface area (Å²) in [5.74, 6) is -1.80. The number of rotatable bonds is 4. The molecule has 1 aliphatic heterocycles. The van der Waals surface area contributed by atoms with Crippen LogP contribution >= 0.6 is 0 Å². The van der Waals surface area contributed by atoms with Crippen molar-refractivity contribution in [3.63, 3.8) is 0 Å². The summed E-state index contributed by atoms with van der Waals surface area (Å²) in [6.07, 6.45) is 3.24. The van der Waals surface area contributed by atoms with Crippen LogP contribution in [0, 0.1) is 11.6 Å². The number of ether oxygens (including phenoxy) is 1. The fourth-order valence-corrected chi connectivity index (χ4v) is 2.88. The molecule has 0 spiro atoms. The lowest BCUT2D eigenvalue weighted by atomic mass is 10.1. The molecule has 0 N–H and O–H groups in total. The number of hydrogen-bond donors (Lipinski definition) is 0. The van der Waals surface area contributed by atoms with Crippen molar-refractivity contribution in [2.75, 3.05) is 6.54 Å². The maximum Gasteiger partial charge on any atom is 0.254 e. The monoisotopic (exact) mass is 371 g/mol. The minimum atomic E-state index is -1.05. The van der Waals surface area contributed by atoms with E-state index in [1.807, 2.05) is 0 Å². The van der Waals surface area contributed by atoms with Gasteiger partial charge in [0.25, 0.3) is 5.91 Å². The predicted octanol–water partition coefficient (Wildman–Crippen LogP) is 2.19. The van der Waals surface area contributed by atoms with Crippen LogP contribution in [-0.4, -0.2) is 37.3 Å². The van der Waals surface area contributed by atoms with Crippen molar-refractivity contribution in [1.29, 1.82) is 0 Å². The van der Waals surface area contributed by atoms with E-state index in [2.05, 4.69) is 15.3 Å². The molecule has 138 valence electrons. The molecule has 0 atom stereocenters. The quantitative estimate of drug-likeness (QED) is 0.703. The summed E-state index contributed by atoms with van der Waals surface area (Å²) in [6, 6.07) is 6.68. The normalized spacial score (nSPS) is 13.3. The van der Waals surface area contributed by atoms with Gasteiger partial charge < -0.3 is 9.64 Å². The van der Waals surface area contributed by atoms with E-state index in [0.29, 0.717) is 24.5 Å². The van der Waals surface area contributed by atoms with Crippen LogP contribution in [0.4, 0.5) is 8.78 Å². The maximum atomic E-state index is 13.4. The number of carbonyl (C=O) groups is 1. The van der Waals surface area contributed by atoms with Gasteiger partial charge in [0.1, 0.15) is 18.1 Å². The molecule has 0 bridgehead atoms. The van der Waals surface area contributed by atoms with Crippen molar-refractivity contribution in [2.24, 2.45) is 0 Å². The van der Waals surface area contributed by atoms with Crippen molar-refractivity contribution in [1.82, 2.24) is 24.9 Å². The molecule has 0 saturated heterocycles. The zero-order valence-corrected chi connectivity index (χ0v) is 14.2. The first-order valence-corrected chi connectivity index (χ1v) is 8.30. The van der Waals surface area contributed by atoms with Crippen molar-refractivity contribution in [2.45, 2.75) is 19.7 Å². The molecular weight excluding hydrogens is 356 g/mol. The largest absolute Gasteiger partial charge is 0.486 e. The van der Waals surface area contributed by atoms with Gasteiger partial charge in [0, 0.05) is 18.3 Å². The van der Waals surface area contributed by atoms with Crippen molar-refractivity contribution >= 4 is 5.91 Å². The van der Waals surface area contributed by atoms with E-state index in [1.54, 1.807) is 34.1 Å². The fraction of sp³-hybridized carbons (Fsp3) is 0.222. The Kier molecular flexibility index (Phi) is 4.49. The van der Waals surface area contributed by atoms with Crippen molar-refractivity contribution in [3.05, 3.63) is 71.3 Å². The highest BCUT2D eigenvalue weighted by atomic mass is 19.2. The van der Waals surface area contributed by atoms with Gasteiger partial charge in [-0.05, 0) is 30.3 Å². The van der Waals surface area contributed by atoms with Crippen LogP contribution in [0.1, 0.15) is 21.7 Å². The second kappa shape index (κ2) is 7.10. The predicted molar refractivity (Wildman–Crippen MR) is 89.7 cm³/mol. The summed E-state index contributed by atoms with van der Waals surface area (Å²) in [7, 11) is 0. The van der Waals surface area contributed by atoms with Gasteiger partial charge in [0.2, 0.25) is 0 Å². The molecule has 7 nitrogen and oxygen atoms in total. The van der Waals surface area contributed by atoms with Crippen LogP contribution in [0.5, 0.6) is 5.75 Å². The highest BCUT2D eigenvalue weighted by molar-refractivity contribution is 5.94. The first-order chi connectivity index (χ1) is 13.1. The van der Waals surface area contributed by atoms with Crippen molar-refractivity contribution in [3.8, 4) is 5.75 Å². The molecular formula is C18H15F2N5O2. The number of aromatic nitrogens is 4. The van der Waals surface area contributed by atoms with Crippen LogP contribution in [0.2, 0.25) is 0 Å². The highest BCUT2D eigenvalue weighted by Gasteiger charge is 2.26. The third-order valence-corrected chi connectivity index (χ3v) is 4.30. The number of halogens is 2. The number of hydrogen-bond acceptors (Lipinski definition) is 5. The number of pyridine rings is 1. The minimum Gasteiger partial charge on any atom is -0.486 e. The van der Waals surface area contributed by atoms with Gasteiger partial charge in [-0.15, -0.1) is 5.10 Å². The van der Waals surface area contributed by atoms with E-state index < -0.39 is 11.6 Å². The van der Waals surface area contributed by atoms with Gasteiger partial charge in [-0.2, -0.15) is 0 Å². The molecule has 0 saturated carbocycles. The second-order valence-electron chi connectivity index (χ2n) is 6.04. The topological polar surface area (TPSA) is 73.1 Å². The lowest BCUT2D eigenvalue weighted by Crippen LogP contribution is -2.38. The molecule has 1 amide bonds. The summed E-state index contributed by atoms with van der Waals surface area (Å²) in [5.41, 5.74) is 1.46. The smallest absolute Gasteiger partial charge is 0.254 e. The highest BCUT2D eigenvalue weighted by Crippen LogP contribution is 2.19. The number of fused-ring (bicyclic) bond motifs is 1. The zero-order valence-electron chi connectivity index (χ0n) is 14.2. The zero-order chi connectivity index (χ0) is 18.8. The van der Waals surface area contributed by atoms with Crippen molar-refractivity contribution < 1.29 is 18.3 Å². The lowest BCUT2D eigenvalue weighted by molar-refractivity contribution is 0.0703. The average molecular weight is 371 g/mol. The third-order valence-electron chi connectivity index (χ3n) is 4.30. The SMILES string of the molecule is O=C(c1ccc(F)c(F)c1)N1CCn2nnc(COc3cccnc3)c2C1. The average Bonchev–Trinajstić information content (AvgIpc) is 3.11. The Balaban J connectivity index is 1.49. The Morgan fingerprint density at radius 1 is 1.19 bits per heavy atom. The van der Waals surface area contributed by atoms with E-state index in [4.69, 9.17) is 4.74 Å². The Morgan fingerprint density at radius 2 is 2.07 bits per heavy atom. The first-order valence-electron chi connectivity index (χ1n) is 8.30. The van der Waals surface area contributed by atoms with Crippen LogP contribution < -0.4 is 4.74 Å². The second-order valence-corrected chi connectivity index (χ2v) is 6.04. The summed E-state index contributed by atoms with van der Waals surface area (Å²) in [4.78, 5) is 18.2. The van der Waals surface area contributed by atoms with Crippen LogP contribution in [-0.2, 0) is 19.7 Å². The van der Waals surface area contributed by atoms with Gasteiger partial charge >= 0.3 is 0 Å². The molecule has 0 unspecified atom stereocenters. The first kappa shape index (κ1) is 17.1. The van der Waals surface area contributed by atoms with E-state index >= 15 is 0 Å². The van der Waals surface area contributed by atoms with E-state index in [9.17, 15) is 13.6 Å². The third kappa shape index (κ3) is 3.48. The summed E-state index contributed by atoms with van der Waals surface area (Å²) in [5, 5.41) is 8.21. The van der Waals surface area contributed by atoms with Crippen LogP contribution in [0.15, 0.2) is 42.7 Å². The van der Waals surface area contributed by atoms with Gasteiger partial charge in [-0.25, -0.2) is 13.5 Å². The van der Waals surface area contributed by atoms with Gasteiger partial charge in [-0.3, -0.25) is 9.78 Å². The number of amides is 1. The Labute approximate surface area is 153 Å². The van der Waals surface area contributed by atoms with E-state index in [-0.39, 0.29) is 24.6 Å². The number of carbonyl (C=O) groups excluding carboxylic acids is 1. The van der Waals surface area contributed by atoms with Gasteiger partial charge in [0.05, 0.1) is 25.0 Å². The Morgan fingerprint density at radius 3 is 2.85 bits per heavy atom. The standard InChI is InChI=1S/C18H15F2N5O2/c19-14-4-3-12(8-15(14)20)18(26)24-6-7-25-17(10-24)16(22-23-25)11-27-13-2-1-5-21-9-13/h1-5,8-9H,6-7,10-11H2. The molecule has 0 aliphatic carbocycles. The molecule has 0 radical (unpaired) electrons. The van der Waals surface area contributed by atoms with E-state index in [1.165, 1.54) is 6.07 Å². The van der Waals surface area contributed by atoms with Crippen LogP contribution in [0.3, 0.4) is 0 Å². The Hall–Kier alpha value is -3.36. The fourth-order valence-electron chi connectivity index (χ4n) is 2.88. The van der Waals surface area contributed by atoms with E-state index in [0.717, 1.165) is 17.8 Å². The molecule has 0 fully saturated rings. The Bertz CT molecular complexity index is 977. The summed E-state index contributed by atoms with van der Waals surface area (Å²) in [6.45, 7) is 1.31. The molecule has 27 heavy (non-hydrogen) atoms. The number of nitrogens with zero attached hydrogens (tertiary/aromatic N) is 5. The molecule has 2 aromatic heterocycles. The number of benzene rings is 1. The summed E-state index contributed by atoms with van der Waals surface area (Å²) < 4.78 is 33.9. The van der Waals surface area contributed by atoms with Crippen LogP contribution in [0.25, 0.3) is 0 Å². The molecule has 9 heteroatoms. The molecule has 4 rings (SSSR count). The molecule has 1 aromatic carbocycles. The van der Waals surface area contributed by atoms with Gasteiger partial charge in [-0.1, -0.05) is 5.21 Å². The molecule has 3 heterocycles. The lowest BCUT2D eigenvalue weighted by Gasteiger charge is -2.27. The minimum absolute atomic E-state index is 0.1000.